The lowest BCUT2D eigenvalue weighted by Gasteiger charge is -2.19. The largest absolute Gasteiger partial charge is 0.350 e. The first-order chi connectivity index (χ1) is 15.5. The zero-order valence-corrected chi connectivity index (χ0v) is 18.2. The van der Waals surface area contributed by atoms with Crippen LogP contribution >= 0.6 is 0 Å². The van der Waals surface area contributed by atoms with Crippen molar-refractivity contribution in [2.45, 2.75) is 45.7 Å². The molecule has 5 rings (SSSR count). The first-order valence-electron chi connectivity index (χ1n) is 11.0. The Labute approximate surface area is 185 Å². The third-order valence-corrected chi connectivity index (χ3v) is 6.15. The zero-order chi connectivity index (χ0) is 22.2. The number of aromatic nitrogens is 4. The molecule has 1 aromatic carbocycles. The predicted molar refractivity (Wildman–Crippen MR) is 121 cm³/mol. The maximum Gasteiger partial charge on any atom is 0.268 e. The van der Waals surface area contributed by atoms with Crippen LogP contribution in [0.25, 0.3) is 10.9 Å². The molecule has 6 nitrogen and oxygen atoms in total. The molecule has 1 aliphatic carbocycles. The summed E-state index contributed by atoms with van der Waals surface area (Å²) in [6.45, 7) is 4.82. The van der Waals surface area contributed by atoms with E-state index in [4.69, 9.17) is 0 Å². The second-order valence-electron chi connectivity index (χ2n) is 8.79. The second-order valence-corrected chi connectivity index (χ2v) is 8.79. The molecule has 1 unspecified atom stereocenters. The van der Waals surface area contributed by atoms with Gasteiger partial charge >= 0.3 is 0 Å². The monoisotopic (exact) mass is 431 g/mol. The van der Waals surface area contributed by atoms with Crippen molar-refractivity contribution in [2.75, 3.05) is 0 Å². The Kier molecular flexibility index (Phi) is 5.25. The van der Waals surface area contributed by atoms with Crippen molar-refractivity contribution in [1.82, 2.24) is 25.1 Å². The minimum absolute atomic E-state index is 0.291. The van der Waals surface area contributed by atoms with Crippen molar-refractivity contribution in [2.24, 2.45) is 5.92 Å². The van der Waals surface area contributed by atoms with Crippen LogP contribution in [0.5, 0.6) is 0 Å². The summed E-state index contributed by atoms with van der Waals surface area (Å²) in [7, 11) is 0. The summed E-state index contributed by atoms with van der Waals surface area (Å²) in [6, 6.07) is 8.23. The molecule has 32 heavy (non-hydrogen) atoms. The van der Waals surface area contributed by atoms with E-state index in [0.29, 0.717) is 23.0 Å². The maximum absolute atomic E-state index is 14.2. The first kappa shape index (κ1) is 20.4. The van der Waals surface area contributed by atoms with E-state index in [1.54, 1.807) is 18.3 Å². The number of carbonyl (C=O) groups excluding carboxylic acids is 1. The smallest absolute Gasteiger partial charge is 0.268 e. The summed E-state index contributed by atoms with van der Waals surface area (Å²) in [4.78, 5) is 20.8. The van der Waals surface area contributed by atoms with Gasteiger partial charge in [0.2, 0.25) is 0 Å². The van der Waals surface area contributed by atoms with Gasteiger partial charge in [-0.1, -0.05) is 12.1 Å². The standard InChI is InChI=1S/C25H26FN5O/c1-15-4-3-9-27-24(15)21(10-18-12-28-31(14-18)13-17-6-7-17)30-25(32)22-11-19-20(26)8-5-16(2)23(19)29-22/h3-5,8-9,11-12,14,17,21,29H,6-7,10,13H2,1-2H3,(H,30,32). The van der Waals surface area contributed by atoms with Gasteiger partial charge < -0.3 is 10.3 Å². The quantitative estimate of drug-likeness (QED) is 0.448. The lowest BCUT2D eigenvalue weighted by atomic mass is 10.0. The van der Waals surface area contributed by atoms with E-state index in [9.17, 15) is 9.18 Å². The van der Waals surface area contributed by atoms with E-state index in [0.717, 1.165) is 34.8 Å². The normalized spacial score (nSPS) is 14.6. The molecule has 7 heteroatoms. The van der Waals surface area contributed by atoms with Crippen LogP contribution in [0.4, 0.5) is 4.39 Å². The van der Waals surface area contributed by atoms with Gasteiger partial charge in [-0.3, -0.25) is 14.5 Å². The Bertz CT molecular complexity index is 1250. The molecule has 1 atom stereocenters. The highest BCUT2D eigenvalue weighted by atomic mass is 19.1. The molecule has 1 amide bonds. The van der Waals surface area contributed by atoms with Gasteiger partial charge in [0, 0.05) is 30.7 Å². The van der Waals surface area contributed by atoms with Crippen molar-refractivity contribution >= 4 is 16.8 Å². The highest BCUT2D eigenvalue weighted by molar-refractivity contribution is 5.99. The van der Waals surface area contributed by atoms with E-state index in [2.05, 4.69) is 26.6 Å². The van der Waals surface area contributed by atoms with Crippen LogP contribution in [0.15, 0.2) is 48.9 Å². The maximum atomic E-state index is 14.2. The SMILES string of the molecule is Cc1cccnc1C(Cc1cnn(CC2CC2)c1)NC(=O)c1cc2c(F)ccc(C)c2[nH]1. The number of halogens is 1. The molecule has 3 aromatic heterocycles. The molecule has 0 bridgehead atoms. The number of nitrogens with one attached hydrogen (secondary N) is 2. The van der Waals surface area contributed by atoms with Crippen LogP contribution in [0.1, 0.15) is 51.8 Å². The van der Waals surface area contributed by atoms with E-state index < -0.39 is 0 Å². The number of pyridine rings is 1. The van der Waals surface area contributed by atoms with Gasteiger partial charge in [-0.25, -0.2) is 4.39 Å². The number of amides is 1. The Morgan fingerprint density at radius 3 is 2.88 bits per heavy atom. The van der Waals surface area contributed by atoms with Crippen LogP contribution in [0.3, 0.4) is 0 Å². The number of aromatic amines is 1. The fraction of sp³-hybridized carbons (Fsp3) is 0.320. The van der Waals surface area contributed by atoms with Crippen molar-refractivity contribution < 1.29 is 9.18 Å². The number of H-pyrrole nitrogens is 1. The Morgan fingerprint density at radius 2 is 2.12 bits per heavy atom. The number of benzene rings is 1. The van der Waals surface area contributed by atoms with Gasteiger partial charge in [0.1, 0.15) is 11.5 Å². The molecule has 164 valence electrons. The molecule has 0 saturated heterocycles. The van der Waals surface area contributed by atoms with Gasteiger partial charge in [0.05, 0.1) is 23.4 Å². The molecule has 0 radical (unpaired) electrons. The van der Waals surface area contributed by atoms with Crippen LogP contribution in [-0.2, 0) is 13.0 Å². The Hall–Kier alpha value is -3.48. The highest BCUT2D eigenvalue weighted by Crippen LogP contribution is 2.30. The number of nitrogens with zero attached hydrogens (tertiary/aromatic N) is 3. The van der Waals surface area contributed by atoms with Gasteiger partial charge in [0.25, 0.3) is 5.91 Å². The van der Waals surface area contributed by atoms with Crippen molar-refractivity contribution in [3.8, 4) is 0 Å². The lowest BCUT2D eigenvalue weighted by Crippen LogP contribution is -2.31. The molecule has 4 aromatic rings. The first-order valence-corrected chi connectivity index (χ1v) is 11.0. The Morgan fingerprint density at radius 1 is 1.28 bits per heavy atom. The minimum atomic E-state index is -0.346. The van der Waals surface area contributed by atoms with Gasteiger partial charge in [-0.2, -0.15) is 5.10 Å². The predicted octanol–water partition coefficient (Wildman–Crippen LogP) is 4.64. The third kappa shape index (κ3) is 4.15. The number of fused-ring (bicyclic) bond motifs is 1. The average Bonchev–Trinajstić information content (AvgIpc) is 3.28. The zero-order valence-electron chi connectivity index (χ0n) is 18.2. The summed E-state index contributed by atoms with van der Waals surface area (Å²) >= 11 is 0. The molecule has 1 aliphatic rings. The molecular weight excluding hydrogens is 405 g/mol. The van der Waals surface area contributed by atoms with Crippen LogP contribution in [0.2, 0.25) is 0 Å². The topological polar surface area (TPSA) is 75.6 Å². The number of rotatable bonds is 7. The number of hydrogen-bond donors (Lipinski definition) is 2. The second kappa shape index (κ2) is 8.22. The van der Waals surface area contributed by atoms with Crippen LogP contribution < -0.4 is 5.32 Å². The average molecular weight is 432 g/mol. The van der Waals surface area contributed by atoms with E-state index in [-0.39, 0.29) is 17.8 Å². The summed E-state index contributed by atoms with van der Waals surface area (Å²) in [5.41, 5.74) is 4.72. The van der Waals surface area contributed by atoms with E-state index >= 15 is 0 Å². The van der Waals surface area contributed by atoms with E-state index in [1.165, 1.54) is 18.9 Å². The fourth-order valence-electron chi connectivity index (χ4n) is 4.17. The van der Waals surface area contributed by atoms with Crippen LogP contribution in [-0.4, -0.2) is 25.7 Å². The van der Waals surface area contributed by atoms with Crippen LogP contribution in [0, 0.1) is 25.6 Å². The van der Waals surface area contributed by atoms with Gasteiger partial charge in [-0.05, 0) is 67.5 Å². The summed E-state index contributed by atoms with van der Waals surface area (Å²) in [6.07, 6.45) is 8.76. The Balaban J connectivity index is 1.42. The highest BCUT2D eigenvalue weighted by Gasteiger charge is 2.24. The number of carbonyl (C=O) groups is 1. The lowest BCUT2D eigenvalue weighted by molar-refractivity contribution is 0.0931. The van der Waals surface area contributed by atoms with Gasteiger partial charge in [0.15, 0.2) is 0 Å². The summed E-state index contributed by atoms with van der Waals surface area (Å²) in [5.74, 6) is 0.101. The number of aryl methyl sites for hydroxylation is 2. The third-order valence-electron chi connectivity index (χ3n) is 6.15. The molecule has 3 heterocycles. The van der Waals surface area contributed by atoms with Crippen molar-refractivity contribution in [3.63, 3.8) is 0 Å². The van der Waals surface area contributed by atoms with E-state index in [1.807, 2.05) is 36.9 Å². The molecule has 1 saturated carbocycles. The molecule has 1 fully saturated rings. The van der Waals surface area contributed by atoms with Crippen molar-refractivity contribution in [3.05, 3.63) is 82.8 Å². The molecular formula is C25H26FN5O. The molecule has 0 aliphatic heterocycles. The van der Waals surface area contributed by atoms with Gasteiger partial charge in [-0.15, -0.1) is 0 Å². The summed E-state index contributed by atoms with van der Waals surface area (Å²) < 4.78 is 16.2. The number of hydrogen-bond acceptors (Lipinski definition) is 3. The fourth-order valence-corrected chi connectivity index (χ4v) is 4.17. The molecule has 2 N–H and O–H groups in total. The van der Waals surface area contributed by atoms with Crippen molar-refractivity contribution in [1.29, 1.82) is 0 Å². The minimum Gasteiger partial charge on any atom is -0.350 e. The molecule has 0 spiro atoms. The summed E-state index contributed by atoms with van der Waals surface area (Å²) in [5, 5.41) is 8.01.